The Morgan fingerprint density at radius 2 is 2.32 bits per heavy atom. The number of aliphatic hydroxyl groups excluding tert-OH is 1. The van der Waals surface area contributed by atoms with E-state index in [4.69, 9.17) is 0 Å². The molecule has 1 aliphatic heterocycles. The highest BCUT2D eigenvalue weighted by Crippen LogP contribution is 2.42. The Hall–Kier alpha value is -0.940. The van der Waals surface area contributed by atoms with Crippen LogP contribution in [0.5, 0.6) is 0 Å². The van der Waals surface area contributed by atoms with Crippen LogP contribution in [0.4, 0.5) is 0 Å². The molecule has 0 aromatic carbocycles. The molecule has 2 aliphatic rings. The van der Waals surface area contributed by atoms with Crippen LogP contribution >= 0.6 is 11.3 Å². The van der Waals surface area contributed by atoms with E-state index in [0.29, 0.717) is 12.5 Å². The molecule has 1 aromatic rings. The lowest BCUT2D eigenvalue weighted by Crippen LogP contribution is -2.42. The van der Waals surface area contributed by atoms with Crippen LogP contribution in [0, 0.1) is 5.92 Å². The van der Waals surface area contributed by atoms with Gasteiger partial charge in [-0.05, 0) is 32.6 Å². The van der Waals surface area contributed by atoms with Gasteiger partial charge in [0.05, 0.1) is 17.3 Å². The summed E-state index contributed by atoms with van der Waals surface area (Å²) in [5.41, 5.74) is 2.80. The van der Waals surface area contributed by atoms with E-state index >= 15 is 0 Å². The first-order valence-corrected chi connectivity index (χ1v) is 7.95. The van der Waals surface area contributed by atoms with Gasteiger partial charge in [-0.25, -0.2) is 4.98 Å². The average Bonchev–Trinajstić information content (AvgIpc) is 3.15. The van der Waals surface area contributed by atoms with Crippen molar-refractivity contribution in [3.05, 3.63) is 16.1 Å². The molecule has 104 valence electrons. The molecule has 19 heavy (non-hydrogen) atoms. The third-order valence-corrected chi connectivity index (χ3v) is 5.01. The fourth-order valence-electron chi connectivity index (χ4n) is 2.79. The lowest BCUT2D eigenvalue weighted by Gasteiger charge is -2.34. The first kappa shape index (κ1) is 13.1. The molecule has 2 heterocycles. The quantitative estimate of drug-likeness (QED) is 0.924. The maximum Gasteiger partial charge on any atom is 0.265 e. The van der Waals surface area contributed by atoms with E-state index in [1.54, 1.807) is 5.51 Å². The molecule has 1 saturated carbocycles. The summed E-state index contributed by atoms with van der Waals surface area (Å²) in [5, 5.41) is 9.71. The van der Waals surface area contributed by atoms with Gasteiger partial charge in [0.2, 0.25) is 0 Å². The number of carbonyl (C=O) groups is 1. The molecule has 0 bridgehead atoms. The fraction of sp³-hybridized carbons (Fsp3) is 0.714. The third-order valence-electron chi connectivity index (χ3n) is 4.18. The SMILES string of the molecule is CC(O)C1CCCN(C(=O)c2scnc2C2CC2)C1. The summed E-state index contributed by atoms with van der Waals surface area (Å²) in [6, 6.07) is 0. The number of thiazole rings is 1. The Kier molecular flexibility index (Phi) is 3.58. The van der Waals surface area contributed by atoms with Crippen molar-refractivity contribution in [3.8, 4) is 0 Å². The average molecular weight is 280 g/mol. The standard InChI is InChI=1S/C14H20N2O2S/c1-9(17)11-3-2-6-16(7-11)14(18)13-12(10-4-5-10)15-8-19-13/h8-11,17H,2-7H2,1H3. The van der Waals surface area contributed by atoms with Crippen LogP contribution in [0.15, 0.2) is 5.51 Å². The molecule has 1 aromatic heterocycles. The highest BCUT2D eigenvalue weighted by atomic mass is 32.1. The molecular weight excluding hydrogens is 260 g/mol. The molecule has 2 unspecified atom stereocenters. The van der Waals surface area contributed by atoms with E-state index in [2.05, 4.69) is 4.98 Å². The summed E-state index contributed by atoms with van der Waals surface area (Å²) in [7, 11) is 0. The molecule has 1 saturated heterocycles. The van der Waals surface area contributed by atoms with Crippen molar-refractivity contribution in [3.63, 3.8) is 0 Å². The monoisotopic (exact) mass is 280 g/mol. The third kappa shape index (κ3) is 2.67. The van der Waals surface area contributed by atoms with Crippen molar-refractivity contribution >= 4 is 17.2 Å². The summed E-state index contributed by atoms with van der Waals surface area (Å²) >= 11 is 1.46. The maximum absolute atomic E-state index is 12.6. The van der Waals surface area contributed by atoms with Crippen LogP contribution in [-0.2, 0) is 0 Å². The molecule has 1 aliphatic carbocycles. The summed E-state index contributed by atoms with van der Waals surface area (Å²) in [4.78, 5) is 19.7. The number of hydrogen-bond acceptors (Lipinski definition) is 4. The van der Waals surface area contributed by atoms with Gasteiger partial charge < -0.3 is 10.0 Å². The van der Waals surface area contributed by atoms with Gasteiger partial charge in [-0.3, -0.25) is 4.79 Å². The number of amides is 1. The molecular formula is C14H20N2O2S. The summed E-state index contributed by atoms with van der Waals surface area (Å²) in [6.45, 7) is 3.31. The van der Waals surface area contributed by atoms with Gasteiger partial charge in [-0.15, -0.1) is 11.3 Å². The minimum Gasteiger partial charge on any atom is -0.393 e. The Labute approximate surface area is 117 Å². The van der Waals surface area contributed by atoms with Gasteiger partial charge in [0.25, 0.3) is 5.91 Å². The fourth-order valence-corrected chi connectivity index (χ4v) is 3.64. The van der Waals surface area contributed by atoms with Crippen molar-refractivity contribution < 1.29 is 9.90 Å². The first-order chi connectivity index (χ1) is 9.16. The van der Waals surface area contributed by atoms with Crippen molar-refractivity contribution in [2.75, 3.05) is 13.1 Å². The van der Waals surface area contributed by atoms with Gasteiger partial charge >= 0.3 is 0 Å². The van der Waals surface area contributed by atoms with Crippen molar-refractivity contribution in [1.29, 1.82) is 0 Å². The smallest absolute Gasteiger partial charge is 0.265 e. The molecule has 1 amide bonds. The Bertz CT molecular complexity index is 468. The van der Waals surface area contributed by atoms with Gasteiger partial charge in [0.1, 0.15) is 4.88 Å². The van der Waals surface area contributed by atoms with Crippen LogP contribution in [0.3, 0.4) is 0 Å². The second-order valence-corrected chi connectivity index (χ2v) is 6.59. The highest BCUT2D eigenvalue weighted by Gasteiger charge is 2.34. The first-order valence-electron chi connectivity index (χ1n) is 7.07. The zero-order valence-corrected chi connectivity index (χ0v) is 12.0. The minimum atomic E-state index is -0.333. The number of piperidine rings is 1. The Morgan fingerprint density at radius 1 is 1.53 bits per heavy atom. The zero-order chi connectivity index (χ0) is 13.4. The van der Waals surface area contributed by atoms with Gasteiger partial charge in [0, 0.05) is 24.9 Å². The van der Waals surface area contributed by atoms with Crippen LogP contribution in [0.25, 0.3) is 0 Å². The molecule has 0 radical (unpaired) electrons. The van der Waals surface area contributed by atoms with Gasteiger partial charge in [0.15, 0.2) is 0 Å². The number of rotatable bonds is 3. The van der Waals surface area contributed by atoms with E-state index in [9.17, 15) is 9.90 Å². The van der Waals surface area contributed by atoms with E-state index in [0.717, 1.165) is 30.0 Å². The van der Waals surface area contributed by atoms with Crippen LogP contribution in [-0.4, -0.2) is 40.1 Å². The Balaban J connectivity index is 1.74. The Morgan fingerprint density at radius 3 is 3.00 bits per heavy atom. The predicted molar refractivity (Wildman–Crippen MR) is 74.4 cm³/mol. The molecule has 4 nitrogen and oxygen atoms in total. The number of aromatic nitrogens is 1. The van der Waals surface area contributed by atoms with Crippen molar-refractivity contribution in [2.45, 2.75) is 44.6 Å². The molecule has 2 fully saturated rings. The summed E-state index contributed by atoms with van der Waals surface area (Å²) in [5.74, 6) is 0.854. The van der Waals surface area contributed by atoms with E-state index in [-0.39, 0.29) is 17.9 Å². The summed E-state index contributed by atoms with van der Waals surface area (Å²) in [6.07, 6.45) is 4.00. The number of nitrogens with zero attached hydrogens (tertiary/aromatic N) is 2. The van der Waals surface area contributed by atoms with E-state index in [1.165, 1.54) is 24.2 Å². The van der Waals surface area contributed by atoms with Crippen LogP contribution in [0.2, 0.25) is 0 Å². The van der Waals surface area contributed by atoms with Crippen LogP contribution in [0.1, 0.15) is 53.9 Å². The van der Waals surface area contributed by atoms with Crippen molar-refractivity contribution in [2.24, 2.45) is 5.92 Å². The second-order valence-electron chi connectivity index (χ2n) is 5.74. The molecule has 2 atom stereocenters. The maximum atomic E-state index is 12.6. The minimum absolute atomic E-state index is 0.120. The lowest BCUT2D eigenvalue weighted by atomic mass is 9.93. The number of carbonyl (C=O) groups excluding carboxylic acids is 1. The topological polar surface area (TPSA) is 53.4 Å². The number of likely N-dealkylation sites (tertiary alicyclic amines) is 1. The van der Waals surface area contributed by atoms with E-state index < -0.39 is 0 Å². The van der Waals surface area contributed by atoms with Crippen LogP contribution < -0.4 is 0 Å². The zero-order valence-electron chi connectivity index (χ0n) is 11.2. The molecule has 0 spiro atoms. The predicted octanol–water partition coefficient (Wildman–Crippen LogP) is 2.25. The van der Waals surface area contributed by atoms with Crippen molar-refractivity contribution in [1.82, 2.24) is 9.88 Å². The number of aliphatic hydroxyl groups is 1. The lowest BCUT2D eigenvalue weighted by molar-refractivity contribution is 0.0468. The number of hydrogen-bond donors (Lipinski definition) is 1. The molecule has 3 rings (SSSR count). The molecule has 1 N–H and O–H groups in total. The highest BCUT2D eigenvalue weighted by molar-refractivity contribution is 7.11. The second kappa shape index (κ2) is 5.21. The summed E-state index contributed by atoms with van der Waals surface area (Å²) < 4.78 is 0. The van der Waals surface area contributed by atoms with E-state index in [1.807, 2.05) is 11.8 Å². The largest absolute Gasteiger partial charge is 0.393 e. The molecule has 5 heteroatoms. The van der Waals surface area contributed by atoms with Gasteiger partial charge in [-0.2, -0.15) is 0 Å². The van der Waals surface area contributed by atoms with Gasteiger partial charge in [-0.1, -0.05) is 0 Å². The normalized spacial score (nSPS) is 25.4.